The van der Waals surface area contributed by atoms with Crippen molar-refractivity contribution < 1.29 is 118 Å². The van der Waals surface area contributed by atoms with Crippen LogP contribution in [-0.4, -0.2) is 193 Å². The van der Waals surface area contributed by atoms with Gasteiger partial charge in [0.15, 0.2) is 23.9 Å². The van der Waals surface area contributed by atoms with Gasteiger partial charge in [0.2, 0.25) is 18.3 Å². The topological polar surface area (TPSA) is 369 Å². The van der Waals surface area contributed by atoms with E-state index < -0.39 is 141 Å². The molecule has 24 nitrogen and oxygen atoms in total. The fraction of sp³-hybridized carbons (Fsp3) is 0.579. The number of carboxylic acid groups (broad SMARTS) is 1. The Morgan fingerprint density at radius 2 is 1.19 bits per heavy atom. The number of methoxy groups -OCH3 is 2. The molecular formula is C38H48O24. The molecule has 3 saturated heterocycles. The molecule has 0 spiro atoms. The van der Waals surface area contributed by atoms with E-state index in [4.69, 9.17) is 52.5 Å². The van der Waals surface area contributed by atoms with Crippen molar-refractivity contribution in [2.24, 2.45) is 0 Å². The van der Waals surface area contributed by atoms with E-state index in [-0.39, 0.29) is 39.9 Å². The second kappa shape index (κ2) is 19.3. The Balaban J connectivity index is 1.33. The highest BCUT2D eigenvalue weighted by atomic mass is 16.7. The first-order chi connectivity index (χ1) is 29.3. The Bertz CT molecular complexity index is 1920. The summed E-state index contributed by atoms with van der Waals surface area (Å²) < 4.78 is 56.3. The minimum absolute atomic E-state index is 0.0586. The van der Waals surface area contributed by atoms with E-state index in [0.29, 0.717) is 0 Å². The molecule has 6 rings (SSSR count). The highest BCUT2D eigenvalue weighted by Gasteiger charge is 2.49. The first kappa shape index (κ1) is 46.7. The number of esters is 1. The molecule has 344 valence electrons. The molecule has 1 unspecified atom stereocenters. The van der Waals surface area contributed by atoms with Gasteiger partial charge in [0.05, 0.1) is 32.5 Å². The molecule has 0 aliphatic carbocycles. The highest BCUT2D eigenvalue weighted by Crippen LogP contribution is 2.48. The summed E-state index contributed by atoms with van der Waals surface area (Å²) in [6.07, 6.45) is -26.8. The predicted octanol–water partition coefficient (Wildman–Crippen LogP) is -3.54. The van der Waals surface area contributed by atoms with Crippen molar-refractivity contribution in [2.45, 2.75) is 112 Å². The molecule has 4 aliphatic rings. The van der Waals surface area contributed by atoms with Crippen molar-refractivity contribution in [3.8, 4) is 34.5 Å². The van der Waals surface area contributed by atoms with Crippen molar-refractivity contribution in [3.63, 3.8) is 0 Å². The van der Waals surface area contributed by atoms with Crippen molar-refractivity contribution in [1.29, 1.82) is 0 Å². The summed E-state index contributed by atoms with van der Waals surface area (Å²) in [4.78, 5) is 22.8. The average Bonchev–Trinajstić information content (AvgIpc) is 3.23. The number of hydrogen-bond acceptors (Lipinski definition) is 23. The summed E-state index contributed by atoms with van der Waals surface area (Å²) >= 11 is 0. The van der Waals surface area contributed by atoms with Crippen LogP contribution in [0.15, 0.2) is 30.0 Å². The van der Waals surface area contributed by atoms with Crippen LogP contribution < -0.4 is 18.9 Å². The molecule has 16 atom stereocenters. The number of aliphatic carboxylic acids is 1. The van der Waals surface area contributed by atoms with E-state index in [2.05, 4.69) is 0 Å². The van der Waals surface area contributed by atoms with Crippen molar-refractivity contribution in [2.75, 3.05) is 27.4 Å². The molecular weight excluding hydrogens is 840 g/mol. The Kier molecular flexibility index (Phi) is 14.5. The van der Waals surface area contributed by atoms with Crippen LogP contribution in [0.3, 0.4) is 0 Å². The highest BCUT2D eigenvalue weighted by molar-refractivity contribution is 5.90. The lowest BCUT2D eigenvalue weighted by molar-refractivity contribution is -0.324. The number of aromatic hydroxyl groups is 2. The smallest absolute Gasteiger partial charge is 0.317 e. The lowest BCUT2D eigenvalue weighted by atomic mass is 9.98. The number of aliphatic hydroxyl groups is 9. The number of phenols is 2. The van der Waals surface area contributed by atoms with Gasteiger partial charge in [-0.05, 0) is 25.1 Å². The van der Waals surface area contributed by atoms with Crippen LogP contribution >= 0.6 is 0 Å². The first-order valence-electron chi connectivity index (χ1n) is 18.9. The van der Waals surface area contributed by atoms with E-state index in [0.717, 1.165) is 12.1 Å². The Morgan fingerprint density at radius 3 is 1.77 bits per heavy atom. The molecule has 0 amide bonds. The molecule has 3 fully saturated rings. The number of fused-ring (bicyclic) bond motifs is 1. The molecule has 2 aromatic rings. The third-order valence-corrected chi connectivity index (χ3v) is 10.5. The molecule has 0 aromatic heterocycles. The van der Waals surface area contributed by atoms with Crippen LogP contribution in [-0.2, 0) is 38.0 Å². The predicted molar refractivity (Wildman–Crippen MR) is 197 cm³/mol. The number of carbonyl (C=O) groups excluding carboxylic acids is 1. The van der Waals surface area contributed by atoms with Crippen LogP contribution in [0.2, 0.25) is 0 Å². The van der Waals surface area contributed by atoms with E-state index in [1.807, 2.05) is 0 Å². The summed E-state index contributed by atoms with van der Waals surface area (Å²) in [6, 6.07) is 4.86. The lowest BCUT2D eigenvalue weighted by Gasteiger charge is -2.43. The fourth-order valence-electron chi connectivity index (χ4n) is 6.97. The summed E-state index contributed by atoms with van der Waals surface area (Å²) in [5.41, 5.74) is 0.100. The van der Waals surface area contributed by atoms with E-state index in [1.165, 1.54) is 39.4 Å². The van der Waals surface area contributed by atoms with Crippen molar-refractivity contribution in [3.05, 3.63) is 41.2 Å². The van der Waals surface area contributed by atoms with Crippen LogP contribution in [0.4, 0.5) is 0 Å². The zero-order valence-corrected chi connectivity index (χ0v) is 33.0. The minimum atomic E-state index is -1.97. The normalized spacial score (nSPS) is 35.7. The van der Waals surface area contributed by atoms with Crippen LogP contribution in [0.25, 0.3) is 6.08 Å². The molecule has 0 bridgehead atoms. The number of phenolic OH excluding ortho intramolecular Hbond substituents is 2. The summed E-state index contributed by atoms with van der Waals surface area (Å²) in [6.45, 7) is 0.0156. The first-order valence-corrected chi connectivity index (χ1v) is 18.9. The molecule has 2 aromatic carbocycles. The number of carboxylic acids is 1. The largest absolute Gasteiger partial charge is 0.508 e. The second-order valence-electron chi connectivity index (χ2n) is 14.7. The van der Waals surface area contributed by atoms with E-state index in [9.17, 15) is 65.8 Å². The monoisotopic (exact) mass is 888 g/mol. The maximum Gasteiger partial charge on any atom is 0.317 e. The summed E-state index contributed by atoms with van der Waals surface area (Å²) in [5, 5.41) is 126. The lowest BCUT2D eigenvalue weighted by Crippen LogP contribution is -2.61. The number of hydrogen-bond donors (Lipinski definition) is 12. The summed E-state index contributed by atoms with van der Waals surface area (Å²) in [7, 11) is 2.52. The van der Waals surface area contributed by atoms with Crippen LogP contribution in [0, 0.1) is 0 Å². The number of carbonyl (C=O) groups is 2. The second-order valence-corrected chi connectivity index (χ2v) is 14.7. The maximum absolute atomic E-state index is 11.9. The third kappa shape index (κ3) is 9.71. The quantitative estimate of drug-likeness (QED) is 0.0646. The number of aliphatic hydroxyl groups excluding tert-OH is 9. The standard InChI is InChI=1S/C38H48O24/c1-12-25(43)29(47)32(50)36(57-12)56-11-22-28(46)31(49)34(52)38(62-22)60-20-8-15-16(58-35(20)13-4-18(53-2)26(44)19(5-13)54-3)6-14(39)7-17(15)59-37-33(51)30(48)27(45)21(61-37)10-55-24(42)9-23(40)41/h4-8,12,21-22,25,27-39,43-52H,9-11H2,1-3H3,(H,40,41)/t12-,21-,22+,25+,27-,28-,29-,30+,31+,32-,33-,34-,35?,36-,37-,38-/m1/s1. The molecule has 24 heteroatoms. The molecule has 4 aliphatic heterocycles. The van der Waals surface area contributed by atoms with Gasteiger partial charge in [-0.3, -0.25) is 9.59 Å². The molecule has 12 N–H and O–H groups in total. The summed E-state index contributed by atoms with van der Waals surface area (Å²) in [5.74, 6) is -4.45. The van der Waals surface area contributed by atoms with E-state index in [1.54, 1.807) is 0 Å². The van der Waals surface area contributed by atoms with Crippen LogP contribution in [0.5, 0.6) is 34.5 Å². The average molecular weight is 889 g/mol. The van der Waals surface area contributed by atoms with E-state index >= 15 is 0 Å². The Hall–Kier alpha value is -4.80. The van der Waals surface area contributed by atoms with Gasteiger partial charge in [-0.25, -0.2) is 0 Å². The zero-order valence-electron chi connectivity index (χ0n) is 33.0. The van der Waals surface area contributed by atoms with Gasteiger partial charge in [0, 0.05) is 17.7 Å². The molecule has 0 radical (unpaired) electrons. The van der Waals surface area contributed by atoms with Gasteiger partial charge in [-0.1, -0.05) is 0 Å². The van der Waals surface area contributed by atoms with Crippen molar-refractivity contribution >= 4 is 18.0 Å². The Morgan fingerprint density at radius 1 is 0.645 bits per heavy atom. The van der Waals surface area contributed by atoms with Gasteiger partial charge >= 0.3 is 11.9 Å². The SMILES string of the molecule is COc1cc(C2Oc3cc(O)cc(O[C@@H]4O[C@H](COC(=O)CC(=O)O)[C@@H](O)[C@H](O)[C@H]4O)c3C=C2O[C@@H]2O[C@@H](CO[C@@H]3O[C@H](C)[C@H](O)[C@@H](O)[C@H]3O)[C@@H](O)[C@H](O)[C@H]2O)cc(OC)c1O. The molecule has 62 heavy (non-hydrogen) atoms. The Labute approximate surface area is 350 Å². The molecule has 0 saturated carbocycles. The van der Waals surface area contributed by atoms with Gasteiger partial charge < -0.3 is 109 Å². The number of rotatable bonds is 14. The van der Waals surface area contributed by atoms with Gasteiger partial charge in [0.25, 0.3) is 0 Å². The molecule has 4 heterocycles. The van der Waals surface area contributed by atoms with Gasteiger partial charge in [-0.15, -0.1) is 0 Å². The van der Waals surface area contributed by atoms with Gasteiger partial charge in [0.1, 0.15) is 103 Å². The minimum Gasteiger partial charge on any atom is -0.508 e. The fourth-order valence-corrected chi connectivity index (χ4v) is 6.97. The van der Waals surface area contributed by atoms with Gasteiger partial charge in [-0.2, -0.15) is 0 Å². The number of benzene rings is 2. The number of ether oxygens (including phenoxy) is 10. The maximum atomic E-state index is 11.9. The van der Waals surface area contributed by atoms with Crippen LogP contribution in [0.1, 0.15) is 30.6 Å². The van der Waals surface area contributed by atoms with Crippen molar-refractivity contribution in [1.82, 2.24) is 0 Å². The zero-order chi connectivity index (χ0) is 45.3. The third-order valence-electron chi connectivity index (χ3n) is 10.5.